The fourth-order valence-electron chi connectivity index (χ4n) is 1.31. The Morgan fingerprint density at radius 1 is 1.44 bits per heavy atom. The summed E-state index contributed by atoms with van der Waals surface area (Å²) in [6.45, 7) is 3.17. The van der Waals surface area contributed by atoms with Crippen molar-refractivity contribution in [3.05, 3.63) is 29.3 Å². The van der Waals surface area contributed by atoms with Crippen molar-refractivity contribution in [1.82, 2.24) is 5.32 Å². The Hall–Kier alpha value is -1.97. The van der Waals surface area contributed by atoms with Crippen LogP contribution in [-0.4, -0.2) is 13.7 Å². The average Bonchev–Trinajstić information content (AvgIpc) is 2.34. The summed E-state index contributed by atoms with van der Waals surface area (Å²) in [5, 5.41) is 12.1. The lowest BCUT2D eigenvalue weighted by molar-refractivity contribution is 0.413. The second kappa shape index (κ2) is 6.50. The predicted octanol–water partition coefficient (Wildman–Crippen LogP) is 1.68. The molecule has 0 fully saturated rings. The first-order valence-corrected chi connectivity index (χ1v) is 4.99. The second-order valence-corrected chi connectivity index (χ2v) is 3.18. The molecule has 0 aliphatic heterocycles. The third kappa shape index (κ3) is 3.31. The van der Waals surface area contributed by atoms with Crippen molar-refractivity contribution in [2.45, 2.75) is 13.5 Å². The van der Waals surface area contributed by atoms with E-state index in [1.165, 1.54) is 0 Å². The zero-order valence-electron chi connectivity index (χ0n) is 9.50. The molecule has 1 N–H and O–H groups in total. The number of benzene rings is 1. The molecular weight excluding hydrogens is 200 g/mol. The molecule has 1 aromatic carbocycles. The number of hydrogen-bond acceptors (Lipinski definition) is 3. The van der Waals surface area contributed by atoms with Crippen LogP contribution in [0.4, 0.5) is 0 Å². The maximum absolute atomic E-state index is 8.91. The molecule has 0 amide bonds. The van der Waals surface area contributed by atoms with Crippen LogP contribution < -0.4 is 10.1 Å². The third-order valence-corrected chi connectivity index (χ3v) is 2.10. The maximum Gasteiger partial charge on any atom is 0.136 e. The van der Waals surface area contributed by atoms with Gasteiger partial charge in [-0.05, 0) is 24.6 Å². The number of nitrogens with one attached hydrogen (secondary N) is 1. The summed E-state index contributed by atoms with van der Waals surface area (Å²) in [4.78, 5) is 0. The Bertz CT molecular complexity index is 449. The van der Waals surface area contributed by atoms with Crippen LogP contribution in [0.2, 0.25) is 0 Å². The summed E-state index contributed by atoms with van der Waals surface area (Å²) in [6, 6.07) is 7.68. The van der Waals surface area contributed by atoms with E-state index < -0.39 is 0 Å². The number of nitrogens with zero attached hydrogens (tertiary/aromatic N) is 1. The minimum Gasteiger partial charge on any atom is -0.495 e. The van der Waals surface area contributed by atoms with Crippen molar-refractivity contribution in [3.8, 4) is 23.7 Å². The largest absolute Gasteiger partial charge is 0.495 e. The molecule has 0 bridgehead atoms. The molecule has 0 saturated heterocycles. The molecule has 0 unspecified atom stereocenters. The van der Waals surface area contributed by atoms with Gasteiger partial charge in [-0.1, -0.05) is 12.0 Å². The Morgan fingerprint density at radius 2 is 2.25 bits per heavy atom. The van der Waals surface area contributed by atoms with Gasteiger partial charge in [-0.25, -0.2) is 0 Å². The highest BCUT2D eigenvalue weighted by Gasteiger charge is 2.02. The van der Waals surface area contributed by atoms with E-state index in [2.05, 4.69) is 23.2 Å². The van der Waals surface area contributed by atoms with Gasteiger partial charge in [0.25, 0.3) is 0 Å². The van der Waals surface area contributed by atoms with Crippen molar-refractivity contribution in [2.75, 3.05) is 13.7 Å². The second-order valence-electron chi connectivity index (χ2n) is 3.18. The van der Waals surface area contributed by atoms with Gasteiger partial charge in [0, 0.05) is 6.54 Å². The highest BCUT2D eigenvalue weighted by atomic mass is 16.5. The number of rotatable bonds is 4. The SMILES string of the molecule is CC#CCNCc1ccc(OC)c(C#N)c1. The van der Waals surface area contributed by atoms with Crippen molar-refractivity contribution in [2.24, 2.45) is 0 Å². The molecule has 0 aliphatic carbocycles. The van der Waals surface area contributed by atoms with E-state index in [0.29, 0.717) is 24.4 Å². The van der Waals surface area contributed by atoms with E-state index in [0.717, 1.165) is 5.56 Å². The molecule has 3 heteroatoms. The molecule has 0 saturated carbocycles. The first kappa shape index (κ1) is 12.1. The van der Waals surface area contributed by atoms with Crippen LogP contribution in [0.5, 0.6) is 5.75 Å². The van der Waals surface area contributed by atoms with Gasteiger partial charge >= 0.3 is 0 Å². The third-order valence-electron chi connectivity index (χ3n) is 2.10. The minimum absolute atomic E-state index is 0.559. The average molecular weight is 214 g/mol. The summed E-state index contributed by atoms with van der Waals surface area (Å²) >= 11 is 0. The van der Waals surface area contributed by atoms with E-state index in [9.17, 15) is 0 Å². The summed E-state index contributed by atoms with van der Waals surface area (Å²) in [6.07, 6.45) is 0. The molecule has 1 aromatic rings. The van der Waals surface area contributed by atoms with Gasteiger partial charge in [0.2, 0.25) is 0 Å². The molecule has 0 radical (unpaired) electrons. The number of ether oxygens (including phenoxy) is 1. The molecule has 0 aliphatic rings. The van der Waals surface area contributed by atoms with Crippen LogP contribution in [0, 0.1) is 23.2 Å². The van der Waals surface area contributed by atoms with Gasteiger partial charge in [-0.15, -0.1) is 5.92 Å². The standard InChI is InChI=1S/C13H14N2O/c1-3-4-7-15-10-11-5-6-13(16-2)12(8-11)9-14/h5-6,8,15H,7,10H2,1-2H3. The highest BCUT2D eigenvalue weighted by molar-refractivity contribution is 5.45. The van der Waals surface area contributed by atoms with Crippen LogP contribution in [0.3, 0.4) is 0 Å². The smallest absolute Gasteiger partial charge is 0.136 e. The van der Waals surface area contributed by atoms with E-state index in [-0.39, 0.29) is 0 Å². The molecule has 1 rings (SSSR count). The summed E-state index contributed by atoms with van der Waals surface area (Å²) < 4.78 is 5.07. The summed E-state index contributed by atoms with van der Waals surface area (Å²) in [7, 11) is 1.56. The Balaban J connectivity index is 2.67. The van der Waals surface area contributed by atoms with Crippen molar-refractivity contribution in [1.29, 1.82) is 5.26 Å². The van der Waals surface area contributed by atoms with Crippen LogP contribution in [0.25, 0.3) is 0 Å². The van der Waals surface area contributed by atoms with Crippen molar-refractivity contribution in [3.63, 3.8) is 0 Å². The predicted molar refractivity (Wildman–Crippen MR) is 62.9 cm³/mol. The first-order chi connectivity index (χ1) is 7.81. The van der Waals surface area contributed by atoms with Gasteiger partial charge in [0.05, 0.1) is 19.2 Å². The van der Waals surface area contributed by atoms with Crippen LogP contribution >= 0.6 is 0 Å². The zero-order chi connectivity index (χ0) is 11.8. The van der Waals surface area contributed by atoms with E-state index >= 15 is 0 Å². The van der Waals surface area contributed by atoms with Crippen LogP contribution in [0.15, 0.2) is 18.2 Å². The molecule has 3 nitrogen and oxygen atoms in total. The van der Waals surface area contributed by atoms with Crippen molar-refractivity contribution < 1.29 is 4.74 Å². The lowest BCUT2D eigenvalue weighted by Crippen LogP contribution is -2.13. The summed E-state index contributed by atoms with van der Waals surface area (Å²) in [5.41, 5.74) is 1.61. The molecular formula is C13H14N2O. The number of methoxy groups -OCH3 is 1. The molecule has 0 spiro atoms. The van der Waals surface area contributed by atoms with Gasteiger partial charge in [-0.2, -0.15) is 5.26 Å². The summed E-state index contributed by atoms with van der Waals surface area (Å²) in [5.74, 6) is 6.34. The normalized spacial score (nSPS) is 8.81. The van der Waals surface area contributed by atoms with Gasteiger partial charge in [0.15, 0.2) is 0 Å². The Kier molecular flexibility index (Phi) is 4.92. The van der Waals surface area contributed by atoms with Crippen molar-refractivity contribution >= 4 is 0 Å². The van der Waals surface area contributed by atoms with Gasteiger partial charge < -0.3 is 10.1 Å². The van der Waals surface area contributed by atoms with Gasteiger partial charge in [0.1, 0.15) is 11.8 Å². The monoisotopic (exact) mass is 214 g/mol. The van der Waals surface area contributed by atoms with E-state index in [1.807, 2.05) is 19.1 Å². The molecule has 82 valence electrons. The fraction of sp³-hybridized carbons (Fsp3) is 0.308. The number of hydrogen-bond donors (Lipinski definition) is 1. The van der Waals surface area contributed by atoms with E-state index in [1.54, 1.807) is 13.2 Å². The van der Waals surface area contributed by atoms with Crippen LogP contribution in [-0.2, 0) is 6.54 Å². The lowest BCUT2D eigenvalue weighted by Gasteiger charge is -2.05. The number of nitriles is 1. The van der Waals surface area contributed by atoms with E-state index in [4.69, 9.17) is 10.00 Å². The molecule has 0 atom stereocenters. The first-order valence-electron chi connectivity index (χ1n) is 4.99. The molecule has 0 aromatic heterocycles. The minimum atomic E-state index is 0.559. The topological polar surface area (TPSA) is 45.0 Å². The van der Waals surface area contributed by atoms with Gasteiger partial charge in [-0.3, -0.25) is 0 Å². The maximum atomic E-state index is 8.91. The fourth-order valence-corrected chi connectivity index (χ4v) is 1.31. The molecule has 16 heavy (non-hydrogen) atoms. The van der Waals surface area contributed by atoms with Crippen LogP contribution in [0.1, 0.15) is 18.1 Å². The highest BCUT2D eigenvalue weighted by Crippen LogP contribution is 2.18. The Labute approximate surface area is 96.0 Å². The quantitative estimate of drug-likeness (QED) is 0.612. The Morgan fingerprint density at radius 3 is 2.88 bits per heavy atom. The lowest BCUT2D eigenvalue weighted by atomic mass is 10.1. The zero-order valence-corrected chi connectivity index (χ0v) is 9.50. The molecule has 0 heterocycles.